The molecule has 8 heteroatoms. The fourth-order valence-corrected chi connectivity index (χ4v) is 4.83. The first-order valence-electron chi connectivity index (χ1n) is 10.3. The Morgan fingerprint density at radius 1 is 1.30 bits per heavy atom. The largest absolute Gasteiger partial charge is 0.868 e. The van der Waals surface area contributed by atoms with E-state index in [1.165, 1.54) is 16.2 Å². The van der Waals surface area contributed by atoms with Crippen molar-refractivity contribution in [2.45, 2.75) is 40.2 Å². The molecular formula is C22H28N4O3S. The predicted molar refractivity (Wildman–Crippen MR) is 113 cm³/mol. The molecule has 0 fully saturated rings. The molecule has 0 spiro atoms. The van der Waals surface area contributed by atoms with Gasteiger partial charge < -0.3 is 14.9 Å². The molecule has 0 saturated heterocycles. The quantitative estimate of drug-likeness (QED) is 0.598. The van der Waals surface area contributed by atoms with Gasteiger partial charge in [-0.05, 0) is 45.1 Å². The van der Waals surface area contributed by atoms with E-state index in [2.05, 4.69) is 23.8 Å². The van der Waals surface area contributed by atoms with Crippen molar-refractivity contribution in [3.05, 3.63) is 57.0 Å². The smallest absolute Gasteiger partial charge is 0.239 e. The Hall–Kier alpha value is -2.58. The average Bonchev–Trinajstić information content (AvgIpc) is 3.21. The first-order chi connectivity index (χ1) is 14.4. The van der Waals surface area contributed by atoms with Gasteiger partial charge in [-0.1, -0.05) is 6.07 Å². The van der Waals surface area contributed by atoms with Crippen LogP contribution in [0.15, 0.2) is 35.9 Å². The second-order valence-electron chi connectivity index (χ2n) is 7.47. The Balaban J connectivity index is 1.95. The van der Waals surface area contributed by atoms with E-state index in [0.717, 1.165) is 31.1 Å². The van der Waals surface area contributed by atoms with Crippen molar-refractivity contribution in [2.24, 2.45) is 0 Å². The molecule has 0 aromatic carbocycles. The zero-order valence-corrected chi connectivity index (χ0v) is 18.7. The Bertz CT molecular complexity index is 951. The number of pyridine rings is 1. The zero-order valence-electron chi connectivity index (χ0n) is 17.9. The lowest BCUT2D eigenvalue weighted by Crippen LogP contribution is -3.11. The second kappa shape index (κ2) is 9.49. The van der Waals surface area contributed by atoms with Gasteiger partial charge in [0.1, 0.15) is 0 Å². The molecule has 3 rings (SSSR count). The Morgan fingerprint density at radius 3 is 2.60 bits per heavy atom. The number of hydrogen-bond acceptors (Lipinski definition) is 6. The summed E-state index contributed by atoms with van der Waals surface area (Å²) in [6.45, 7) is 11.2. The Kier molecular flexibility index (Phi) is 6.99. The summed E-state index contributed by atoms with van der Waals surface area (Å²) in [6.07, 6.45) is 4.01. The van der Waals surface area contributed by atoms with Crippen LogP contribution >= 0.6 is 11.3 Å². The number of quaternary nitrogens is 1. The molecule has 3 heterocycles. The minimum absolute atomic E-state index is 0.00920. The van der Waals surface area contributed by atoms with E-state index in [9.17, 15) is 14.7 Å². The maximum Gasteiger partial charge on any atom is 0.239 e. The van der Waals surface area contributed by atoms with Crippen molar-refractivity contribution in [1.82, 2.24) is 14.9 Å². The lowest BCUT2D eigenvalue weighted by atomic mass is 9.96. The normalized spacial score (nSPS) is 16.8. The summed E-state index contributed by atoms with van der Waals surface area (Å²) in [5, 5.41) is 13.7. The third kappa shape index (κ3) is 4.29. The number of thiazole rings is 1. The molecule has 30 heavy (non-hydrogen) atoms. The first-order valence-corrected chi connectivity index (χ1v) is 11.1. The van der Waals surface area contributed by atoms with Crippen LogP contribution in [0.2, 0.25) is 0 Å². The number of carbonyl (C=O) groups is 2. The topological polar surface area (TPSA) is 90.7 Å². The van der Waals surface area contributed by atoms with Gasteiger partial charge in [0, 0.05) is 30.9 Å². The third-order valence-electron chi connectivity index (χ3n) is 5.57. The molecule has 0 bridgehead atoms. The number of hydrogen-bond donors (Lipinski definition) is 1. The number of nitrogens with zero attached hydrogens (tertiary/aromatic N) is 3. The summed E-state index contributed by atoms with van der Waals surface area (Å²) >= 11 is 1.26. The maximum absolute atomic E-state index is 13.4. The molecule has 0 saturated carbocycles. The van der Waals surface area contributed by atoms with Gasteiger partial charge in [0.25, 0.3) is 0 Å². The predicted octanol–water partition coefficient (Wildman–Crippen LogP) is 0.850. The van der Waals surface area contributed by atoms with E-state index in [4.69, 9.17) is 0 Å². The summed E-state index contributed by atoms with van der Waals surface area (Å²) < 4.78 is 0. The van der Waals surface area contributed by atoms with E-state index in [1.54, 1.807) is 30.3 Å². The minimum atomic E-state index is -0.713. The van der Waals surface area contributed by atoms with Crippen LogP contribution in [0.1, 0.15) is 52.2 Å². The molecule has 1 unspecified atom stereocenters. The number of ketones is 1. The molecule has 0 aliphatic carbocycles. The Labute approximate surface area is 181 Å². The van der Waals surface area contributed by atoms with Crippen molar-refractivity contribution in [3.8, 4) is 0 Å². The molecule has 1 atom stereocenters. The van der Waals surface area contributed by atoms with Crippen molar-refractivity contribution < 1.29 is 19.6 Å². The van der Waals surface area contributed by atoms with Crippen LogP contribution in [0.25, 0.3) is 0 Å². The van der Waals surface area contributed by atoms with Gasteiger partial charge in [0.05, 0.1) is 41.3 Å². The number of nitrogens with one attached hydrogen (secondary N) is 1. The molecule has 1 amide bonds. The molecule has 1 aliphatic heterocycles. The SMILES string of the molecule is CC[NH+](CC)CCCN1C(=O)C([O-])=C(C(=O)c2sc(C)nc2C)C1c1cccnc1. The van der Waals surface area contributed by atoms with Gasteiger partial charge in [-0.2, -0.15) is 0 Å². The van der Waals surface area contributed by atoms with Gasteiger partial charge >= 0.3 is 0 Å². The highest BCUT2D eigenvalue weighted by Crippen LogP contribution is 2.39. The van der Waals surface area contributed by atoms with Gasteiger partial charge in [0.15, 0.2) is 0 Å². The van der Waals surface area contributed by atoms with E-state index >= 15 is 0 Å². The van der Waals surface area contributed by atoms with E-state index in [1.807, 2.05) is 13.0 Å². The van der Waals surface area contributed by atoms with Crippen molar-refractivity contribution >= 4 is 23.0 Å². The van der Waals surface area contributed by atoms with Crippen LogP contribution < -0.4 is 10.0 Å². The van der Waals surface area contributed by atoms with E-state index < -0.39 is 23.5 Å². The number of rotatable bonds is 9. The van der Waals surface area contributed by atoms with Gasteiger partial charge in [-0.3, -0.25) is 14.6 Å². The number of aryl methyl sites for hydroxylation is 2. The van der Waals surface area contributed by atoms with Crippen LogP contribution in [0.4, 0.5) is 0 Å². The lowest BCUT2D eigenvalue weighted by Gasteiger charge is -2.28. The summed E-state index contributed by atoms with van der Waals surface area (Å²) in [5.41, 5.74) is 1.27. The second-order valence-corrected chi connectivity index (χ2v) is 8.67. The van der Waals surface area contributed by atoms with Crippen molar-refractivity contribution in [3.63, 3.8) is 0 Å². The van der Waals surface area contributed by atoms with Crippen LogP contribution in [0, 0.1) is 13.8 Å². The minimum Gasteiger partial charge on any atom is -0.868 e. The highest BCUT2D eigenvalue weighted by atomic mass is 32.1. The fourth-order valence-electron chi connectivity index (χ4n) is 3.95. The molecular weight excluding hydrogens is 400 g/mol. The van der Waals surface area contributed by atoms with Gasteiger partial charge in [-0.25, -0.2) is 4.98 Å². The van der Waals surface area contributed by atoms with Crippen molar-refractivity contribution in [1.29, 1.82) is 0 Å². The third-order valence-corrected chi connectivity index (χ3v) is 6.64. The molecule has 2 aromatic heterocycles. The summed E-state index contributed by atoms with van der Waals surface area (Å²) in [4.78, 5) is 38.1. The van der Waals surface area contributed by atoms with Gasteiger partial charge in [-0.15, -0.1) is 11.3 Å². The van der Waals surface area contributed by atoms with Crippen LogP contribution in [0.3, 0.4) is 0 Å². The average molecular weight is 429 g/mol. The summed E-state index contributed by atoms with van der Waals surface area (Å²) in [7, 11) is 0. The maximum atomic E-state index is 13.4. The summed E-state index contributed by atoms with van der Waals surface area (Å²) in [5.74, 6) is -1.72. The van der Waals surface area contributed by atoms with Crippen molar-refractivity contribution in [2.75, 3.05) is 26.2 Å². The Morgan fingerprint density at radius 2 is 2.03 bits per heavy atom. The zero-order chi connectivity index (χ0) is 21.8. The lowest BCUT2D eigenvalue weighted by molar-refractivity contribution is -0.896. The molecule has 160 valence electrons. The molecule has 1 aliphatic rings. The molecule has 7 nitrogen and oxygen atoms in total. The van der Waals surface area contributed by atoms with Crippen LogP contribution in [-0.4, -0.2) is 52.7 Å². The van der Waals surface area contributed by atoms with Crippen LogP contribution in [0.5, 0.6) is 0 Å². The highest BCUT2D eigenvalue weighted by molar-refractivity contribution is 7.14. The van der Waals surface area contributed by atoms with Crippen LogP contribution in [-0.2, 0) is 4.79 Å². The monoisotopic (exact) mass is 428 g/mol. The van der Waals surface area contributed by atoms with Gasteiger partial charge in [0.2, 0.25) is 11.7 Å². The molecule has 2 aromatic rings. The molecule has 0 radical (unpaired) electrons. The first kappa shape index (κ1) is 22.1. The van der Waals surface area contributed by atoms with E-state index in [-0.39, 0.29) is 5.57 Å². The van der Waals surface area contributed by atoms with E-state index in [0.29, 0.717) is 22.7 Å². The highest BCUT2D eigenvalue weighted by Gasteiger charge is 2.40. The number of carbonyl (C=O) groups excluding carboxylic acids is 2. The number of aromatic nitrogens is 2. The number of amides is 1. The fraction of sp³-hybridized carbons (Fsp3) is 0.455. The number of Topliss-reactive ketones (excluding diaryl/α,β-unsaturated/α-hetero) is 1. The molecule has 1 N–H and O–H groups in total. The standard InChI is InChI=1S/C22H28N4O3S/c1-5-25(6-2)11-8-12-26-18(16-9-7-10-23-13-16)17(20(28)22(26)29)19(27)21-14(3)24-15(4)30-21/h7,9-10,13,18,28H,5-6,8,11-12H2,1-4H3. The summed E-state index contributed by atoms with van der Waals surface area (Å²) in [6, 6.07) is 2.86.